The Balaban J connectivity index is 2.71. The molecule has 0 spiro atoms. The standard InChI is InChI=1S/C8H10O3/c1-6-3-8(4-6,5-9)7(10)11-2/h5H,1,3-4H2,2H3. The average molecular weight is 154 g/mol. The number of hydrogen-bond donors (Lipinski definition) is 0. The summed E-state index contributed by atoms with van der Waals surface area (Å²) in [7, 11) is 1.29. The van der Waals surface area contributed by atoms with Gasteiger partial charge in [-0.2, -0.15) is 0 Å². The normalized spacial score (nSPS) is 20.3. The van der Waals surface area contributed by atoms with Crippen molar-refractivity contribution in [3.05, 3.63) is 12.2 Å². The Morgan fingerprint density at radius 2 is 2.27 bits per heavy atom. The summed E-state index contributed by atoms with van der Waals surface area (Å²) in [4.78, 5) is 21.5. The zero-order valence-corrected chi connectivity index (χ0v) is 6.42. The predicted molar refractivity (Wildman–Crippen MR) is 38.9 cm³/mol. The molecule has 3 heteroatoms. The fraction of sp³-hybridized carbons (Fsp3) is 0.500. The maximum atomic E-state index is 11.0. The summed E-state index contributed by atoms with van der Waals surface area (Å²) in [5.41, 5.74) is 0.0359. The second-order valence-corrected chi connectivity index (χ2v) is 2.87. The van der Waals surface area contributed by atoms with Crippen LogP contribution in [0.5, 0.6) is 0 Å². The monoisotopic (exact) mass is 154 g/mol. The van der Waals surface area contributed by atoms with Crippen molar-refractivity contribution >= 4 is 12.3 Å². The SMILES string of the molecule is C=C1CC(C=O)(C(=O)OC)C1. The van der Waals surface area contributed by atoms with Crippen LogP contribution in [-0.2, 0) is 14.3 Å². The summed E-state index contributed by atoms with van der Waals surface area (Å²) in [6.45, 7) is 3.65. The van der Waals surface area contributed by atoms with Crippen molar-refractivity contribution in [2.75, 3.05) is 7.11 Å². The molecule has 1 aliphatic carbocycles. The van der Waals surface area contributed by atoms with Crippen LogP contribution in [0.1, 0.15) is 12.8 Å². The third-order valence-electron chi connectivity index (χ3n) is 1.95. The highest BCUT2D eigenvalue weighted by Crippen LogP contribution is 2.43. The van der Waals surface area contributed by atoms with Crippen LogP contribution in [0.3, 0.4) is 0 Å². The summed E-state index contributed by atoms with van der Waals surface area (Å²) in [5.74, 6) is -0.445. The van der Waals surface area contributed by atoms with Gasteiger partial charge in [-0.05, 0) is 12.8 Å². The number of ether oxygens (including phenoxy) is 1. The van der Waals surface area contributed by atoms with Gasteiger partial charge < -0.3 is 9.53 Å². The van der Waals surface area contributed by atoms with Crippen LogP contribution in [-0.4, -0.2) is 19.4 Å². The highest BCUT2D eigenvalue weighted by Gasteiger charge is 2.47. The van der Waals surface area contributed by atoms with Crippen LogP contribution < -0.4 is 0 Å². The molecule has 0 N–H and O–H groups in total. The van der Waals surface area contributed by atoms with Gasteiger partial charge in [0, 0.05) is 0 Å². The fourth-order valence-electron chi connectivity index (χ4n) is 1.32. The number of methoxy groups -OCH3 is 1. The van der Waals surface area contributed by atoms with E-state index in [-0.39, 0.29) is 0 Å². The topological polar surface area (TPSA) is 43.4 Å². The van der Waals surface area contributed by atoms with Crippen molar-refractivity contribution in [2.45, 2.75) is 12.8 Å². The van der Waals surface area contributed by atoms with E-state index in [0.29, 0.717) is 19.1 Å². The van der Waals surface area contributed by atoms with Gasteiger partial charge in [-0.3, -0.25) is 4.79 Å². The predicted octanol–water partition coefficient (Wildman–Crippen LogP) is 0.695. The van der Waals surface area contributed by atoms with Crippen molar-refractivity contribution < 1.29 is 14.3 Å². The Bertz CT molecular complexity index is 209. The number of carbonyl (C=O) groups is 2. The molecule has 0 aliphatic heterocycles. The highest BCUT2D eigenvalue weighted by molar-refractivity contribution is 5.95. The molecule has 0 saturated heterocycles. The third-order valence-corrected chi connectivity index (χ3v) is 1.95. The van der Waals surface area contributed by atoms with Crippen LogP contribution in [0.15, 0.2) is 12.2 Å². The lowest BCUT2D eigenvalue weighted by Crippen LogP contribution is -2.41. The van der Waals surface area contributed by atoms with E-state index in [9.17, 15) is 9.59 Å². The minimum absolute atomic E-state index is 0.445. The summed E-state index contributed by atoms with van der Waals surface area (Å²) < 4.78 is 4.49. The number of allylic oxidation sites excluding steroid dienone is 1. The van der Waals surface area contributed by atoms with Gasteiger partial charge in [0.05, 0.1) is 7.11 Å². The molecule has 1 saturated carbocycles. The average Bonchev–Trinajstić information content (AvgIpc) is 1.96. The van der Waals surface area contributed by atoms with E-state index in [2.05, 4.69) is 11.3 Å². The van der Waals surface area contributed by atoms with Crippen molar-refractivity contribution in [3.8, 4) is 0 Å². The van der Waals surface area contributed by atoms with Gasteiger partial charge in [0.25, 0.3) is 0 Å². The molecule has 11 heavy (non-hydrogen) atoms. The quantitative estimate of drug-likeness (QED) is 0.254. The summed E-state index contributed by atoms with van der Waals surface area (Å²) >= 11 is 0. The van der Waals surface area contributed by atoms with Crippen molar-refractivity contribution in [1.29, 1.82) is 0 Å². The molecule has 0 amide bonds. The molecule has 0 radical (unpaired) electrons. The van der Waals surface area contributed by atoms with Gasteiger partial charge in [0.2, 0.25) is 0 Å². The number of rotatable bonds is 2. The summed E-state index contributed by atoms with van der Waals surface area (Å²) in [6.07, 6.45) is 1.56. The maximum Gasteiger partial charge on any atom is 0.319 e. The Kier molecular flexibility index (Phi) is 1.81. The highest BCUT2D eigenvalue weighted by atomic mass is 16.5. The molecule has 0 atom stereocenters. The summed E-state index contributed by atoms with van der Waals surface area (Å²) in [6, 6.07) is 0. The Labute approximate surface area is 65.0 Å². The van der Waals surface area contributed by atoms with E-state index < -0.39 is 11.4 Å². The Morgan fingerprint density at radius 3 is 2.55 bits per heavy atom. The molecular formula is C8H10O3. The number of hydrogen-bond acceptors (Lipinski definition) is 3. The van der Waals surface area contributed by atoms with Crippen molar-refractivity contribution in [1.82, 2.24) is 0 Å². The minimum atomic E-state index is -0.897. The van der Waals surface area contributed by atoms with E-state index in [1.807, 2.05) is 0 Å². The zero-order valence-electron chi connectivity index (χ0n) is 6.42. The lowest BCUT2D eigenvalue weighted by molar-refractivity contribution is -0.157. The first-order valence-electron chi connectivity index (χ1n) is 3.36. The van der Waals surface area contributed by atoms with Gasteiger partial charge in [-0.25, -0.2) is 0 Å². The molecule has 1 rings (SSSR count). The van der Waals surface area contributed by atoms with Crippen LogP contribution >= 0.6 is 0 Å². The first-order valence-corrected chi connectivity index (χ1v) is 3.36. The Morgan fingerprint density at radius 1 is 1.73 bits per heavy atom. The molecule has 0 aromatic heterocycles. The largest absolute Gasteiger partial charge is 0.468 e. The minimum Gasteiger partial charge on any atom is -0.468 e. The smallest absolute Gasteiger partial charge is 0.319 e. The second kappa shape index (κ2) is 2.49. The van der Waals surface area contributed by atoms with Crippen molar-refractivity contribution in [3.63, 3.8) is 0 Å². The van der Waals surface area contributed by atoms with Gasteiger partial charge in [-0.15, -0.1) is 0 Å². The Hall–Kier alpha value is -1.12. The first-order chi connectivity index (χ1) is 5.14. The molecule has 0 unspecified atom stereocenters. The maximum absolute atomic E-state index is 11.0. The van der Waals surface area contributed by atoms with Crippen LogP contribution in [0.4, 0.5) is 0 Å². The molecule has 60 valence electrons. The molecular weight excluding hydrogens is 144 g/mol. The molecule has 1 aliphatic rings. The van der Waals surface area contributed by atoms with Crippen LogP contribution in [0.2, 0.25) is 0 Å². The van der Waals surface area contributed by atoms with Gasteiger partial charge in [-0.1, -0.05) is 12.2 Å². The molecule has 0 bridgehead atoms. The molecule has 0 heterocycles. The number of esters is 1. The second-order valence-electron chi connectivity index (χ2n) is 2.87. The lowest BCUT2D eigenvalue weighted by atomic mass is 9.67. The molecule has 0 aromatic carbocycles. The van der Waals surface area contributed by atoms with Crippen LogP contribution in [0.25, 0.3) is 0 Å². The summed E-state index contributed by atoms with van der Waals surface area (Å²) in [5, 5.41) is 0. The zero-order chi connectivity index (χ0) is 8.48. The van der Waals surface area contributed by atoms with E-state index >= 15 is 0 Å². The molecule has 1 fully saturated rings. The van der Waals surface area contributed by atoms with E-state index in [4.69, 9.17) is 0 Å². The van der Waals surface area contributed by atoms with Gasteiger partial charge >= 0.3 is 5.97 Å². The fourth-order valence-corrected chi connectivity index (χ4v) is 1.32. The number of aldehydes is 1. The first kappa shape index (κ1) is 7.98. The number of carbonyl (C=O) groups excluding carboxylic acids is 2. The molecule has 3 nitrogen and oxygen atoms in total. The molecule has 0 aromatic rings. The van der Waals surface area contributed by atoms with E-state index in [1.54, 1.807) is 0 Å². The van der Waals surface area contributed by atoms with E-state index in [1.165, 1.54) is 7.11 Å². The van der Waals surface area contributed by atoms with E-state index in [0.717, 1.165) is 5.57 Å². The lowest BCUT2D eigenvalue weighted by Gasteiger charge is -2.35. The van der Waals surface area contributed by atoms with Gasteiger partial charge in [0.15, 0.2) is 0 Å². The van der Waals surface area contributed by atoms with Crippen molar-refractivity contribution in [2.24, 2.45) is 5.41 Å². The third kappa shape index (κ3) is 1.06. The van der Waals surface area contributed by atoms with Gasteiger partial charge in [0.1, 0.15) is 11.7 Å². The van der Waals surface area contributed by atoms with Crippen LogP contribution in [0, 0.1) is 5.41 Å².